The van der Waals surface area contributed by atoms with Gasteiger partial charge in [0, 0.05) is 11.6 Å². The van der Waals surface area contributed by atoms with Crippen LogP contribution in [0.1, 0.15) is 18.5 Å². The van der Waals surface area contributed by atoms with Crippen molar-refractivity contribution in [2.24, 2.45) is 0 Å². The Bertz CT molecular complexity index is 634. The Morgan fingerprint density at radius 2 is 1.86 bits per heavy atom. The van der Waals surface area contributed by atoms with Gasteiger partial charge in [-0.1, -0.05) is 0 Å². The van der Waals surface area contributed by atoms with Crippen LogP contribution >= 0.6 is 15.9 Å². The van der Waals surface area contributed by atoms with Gasteiger partial charge >= 0.3 is 0 Å². The lowest BCUT2D eigenvalue weighted by atomic mass is 10.1. The van der Waals surface area contributed by atoms with Crippen LogP contribution in [0.5, 0.6) is 17.2 Å². The van der Waals surface area contributed by atoms with Crippen molar-refractivity contribution < 1.29 is 13.9 Å². The molecule has 2 aromatic carbocycles. The van der Waals surface area contributed by atoms with Gasteiger partial charge in [0.25, 0.3) is 0 Å². The molecule has 0 aromatic heterocycles. The van der Waals surface area contributed by atoms with Crippen molar-refractivity contribution in [3.63, 3.8) is 0 Å². The van der Waals surface area contributed by atoms with Crippen molar-refractivity contribution in [3.05, 3.63) is 52.3 Å². The normalized spacial score (nSPS) is 12.0. The van der Waals surface area contributed by atoms with Gasteiger partial charge in [-0.3, -0.25) is 0 Å². The van der Waals surface area contributed by atoms with E-state index in [0.29, 0.717) is 11.5 Å². The number of ether oxygens (including phenoxy) is 2. The van der Waals surface area contributed by atoms with E-state index in [1.807, 2.05) is 26.1 Å². The van der Waals surface area contributed by atoms with Gasteiger partial charge < -0.3 is 14.8 Å². The van der Waals surface area contributed by atoms with Crippen LogP contribution in [-0.2, 0) is 0 Å². The zero-order valence-electron chi connectivity index (χ0n) is 12.1. The lowest BCUT2D eigenvalue weighted by Crippen LogP contribution is -2.13. The predicted octanol–water partition coefficient (Wildman–Crippen LogP) is 4.67. The average Bonchev–Trinajstić information content (AvgIpc) is 2.49. The SMILES string of the molecule is CNC(C)c1cc(F)ccc1Oc1ccc(OC)cc1Br. The van der Waals surface area contributed by atoms with E-state index >= 15 is 0 Å². The van der Waals surface area contributed by atoms with Crippen LogP contribution in [0.3, 0.4) is 0 Å². The molecule has 112 valence electrons. The third-order valence-electron chi connectivity index (χ3n) is 3.23. The second kappa shape index (κ2) is 6.91. The number of rotatable bonds is 5. The summed E-state index contributed by atoms with van der Waals surface area (Å²) in [6, 6.07) is 9.92. The van der Waals surface area contributed by atoms with E-state index in [1.54, 1.807) is 19.2 Å². The number of halogens is 2. The first-order valence-corrected chi connectivity index (χ1v) is 7.32. The molecule has 5 heteroatoms. The molecule has 1 N–H and O–H groups in total. The van der Waals surface area contributed by atoms with Crippen molar-refractivity contribution in [1.29, 1.82) is 0 Å². The fraction of sp³-hybridized carbons (Fsp3) is 0.250. The van der Waals surface area contributed by atoms with Crippen LogP contribution in [0.25, 0.3) is 0 Å². The van der Waals surface area contributed by atoms with E-state index in [2.05, 4.69) is 21.2 Å². The van der Waals surface area contributed by atoms with Crippen LogP contribution in [0.4, 0.5) is 4.39 Å². The molecule has 3 nitrogen and oxygen atoms in total. The minimum atomic E-state index is -0.284. The highest BCUT2D eigenvalue weighted by Gasteiger charge is 2.13. The fourth-order valence-corrected chi connectivity index (χ4v) is 2.35. The molecule has 0 radical (unpaired) electrons. The molecule has 21 heavy (non-hydrogen) atoms. The molecule has 0 bridgehead atoms. The summed E-state index contributed by atoms with van der Waals surface area (Å²) in [6.45, 7) is 1.95. The third kappa shape index (κ3) is 3.74. The zero-order chi connectivity index (χ0) is 15.4. The minimum absolute atomic E-state index is 0.0206. The highest BCUT2D eigenvalue weighted by Crippen LogP contribution is 2.35. The lowest BCUT2D eigenvalue weighted by Gasteiger charge is -2.17. The predicted molar refractivity (Wildman–Crippen MR) is 84.6 cm³/mol. The Morgan fingerprint density at radius 3 is 2.48 bits per heavy atom. The molecule has 2 aromatic rings. The minimum Gasteiger partial charge on any atom is -0.497 e. The molecule has 1 unspecified atom stereocenters. The van der Waals surface area contributed by atoms with Gasteiger partial charge in [0.05, 0.1) is 11.6 Å². The van der Waals surface area contributed by atoms with Crippen molar-refractivity contribution in [2.75, 3.05) is 14.2 Å². The largest absolute Gasteiger partial charge is 0.497 e. The van der Waals surface area contributed by atoms with Crippen LogP contribution in [-0.4, -0.2) is 14.2 Å². The Labute approximate surface area is 132 Å². The second-order valence-corrected chi connectivity index (χ2v) is 5.45. The summed E-state index contributed by atoms with van der Waals surface area (Å²) in [5.74, 6) is 1.71. The zero-order valence-corrected chi connectivity index (χ0v) is 13.7. The van der Waals surface area contributed by atoms with Crippen LogP contribution in [0.2, 0.25) is 0 Å². The van der Waals surface area contributed by atoms with Crippen molar-refractivity contribution in [2.45, 2.75) is 13.0 Å². The van der Waals surface area contributed by atoms with E-state index in [-0.39, 0.29) is 11.9 Å². The van der Waals surface area contributed by atoms with Gasteiger partial charge in [-0.2, -0.15) is 0 Å². The van der Waals surface area contributed by atoms with Gasteiger partial charge in [-0.05, 0) is 66.3 Å². The maximum absolute atomic E-state index is 13.5. The molecule has 2 rings (SSSR count). The Hall–Kier alpha value is -1.59. The molecule has 0 spiro atoms. The van der Waals surface area contributed by atoms with Crippen LogP contribution in [0, 0.1) is 5.82 Å². The first-order valence-electron chi connectivity index (χ1n) is 6.53. The third-order valence-corrected chi connectivity index (χ3v) is 3.85. The average molecular weight is 354 g/mol. The first kappa shape index (κ1) is 15.8. The lowest BCUT2D eigenvalue weighted by molar-refractivity contribution is 0.411. The molecule has 0 saturated carbocycles. The number of nitrogens with one attached hydrogen (secondary N) is 1. The molecule has 0 saturated heterocycles. The second-order valence-electron chi connectivity index (χ2n) is 4.59. The summed E-state index contributed by atoms with van der Waals surface area (Å²) in [5, 5.41) is 3.09. The summed E-state index contributed by atoms with van der Waals surface area (Å²) in [5.41, 5.74) is 0.764. The quantitative estimate of drug-likeness (QED) is 0.847. The highest BCUT2D eigenvalue weighted by molar-refractivity contribution is 9.10. The topological polar surface area (TPSA) is 30.5 Å². The van der Waals surface area contributed by atoms with E-state index in [1.165, 1.54) is 12.1 Å². The molecular formula is C16H17BrFNO2. The molecule has 0 fully saturated rings. The van der Waals surface area contributed by atoms with Crippen LogP contribution < -0.4 is 14.8 Å². The van der Waals surface area contributed by atoms with E-state index in [0.717, 1.165) is 15.8 Å². The summed E-state index contributed by atoms with van der Waals surface area (Å²) in [4.78, 5) is 0. The number of hydrogen-bond acceptors (Lipinski definition) is 3. The fourth-order valence-electron chi connectivity index (χ4n) is 1.92. The van der Waals surface area contributed by atoms with E-state index in [4.69, 9.17) is 9.47 Å². The summed E-state index contributed by atoms with van der Waals surface area (Å²) < 4.78 is 25.3. The molecule has 0 heterocycles. The van der Waals surface area contributed by atoms with Gasteiger partial charge in [0.15, 0.2) is 0 Å². The van der Waals surface area contributed by atoms with Gasteiger partial charge in [-0.15, -0.1) is 0 Å². The smallest absolute Gasteiger partial charge is 0.141 e. The summed E-state index contributed by atoms with van der Waals surface area (Å²) >= 11 is 3.44. The monoisotopic (exact) mass is 353 g/mol. The van der Waals surface area contributed by atoms with E-state index in [9.17, 15) is 4.39 Å². The summed E-state index contributed by atoms with van der Waals surface area (Å²) in [7, 11) is 3.43. The molecule has 0 aliphatic carbocycles. The highest BCUT2D eigenvalue weighted by atomic mass is 79.9. The van der Waals surface area contributed by atoms with Crippen molar-refractivity contribution in [3.8, 4) is 17.2 Å². The maximum atomic E-state index is 13.5. The van der Waals surface area contributed by atoms with Crippen molar-refractivity contribution in [1.82, 2.24) is 5.32 Å². The van der Waals surface area contributed by atoms with Crippen molar-refractivity contribution >= 4 is 15.9 Å². The van der Waals surface area contributed by atoms with Crippen LogP contribution in [0.15, 0.2) is 40.9 Å². The van der Waals surface area contributed by atoms with Gasteiger partial charge in [0.1, 0.15) is 23.1 Å². The van der Waals surface area contributed by atoms with Gasteiger partial charge in [-0.25, -0.2) is 4.39 Å². The Balaban J connectivity index is 2.35. The molecule has 1 atom stereocenters. The maximum Gasteiger partial charge on any atom is 0.141 e. The first-order chi connectivity index (χ1) is 10.0. The summed E-state index contributed by atoms with van der Waals surface area (Å²) in [6.07, 6.45) is 0. The standard InChI is InChI=1S/C16H17BrFNO2/c1-10(19-2)13-8-11(18)4-6-15(13)21-16-7-5-12(20-3)9-14(16)17/h4-10,19H,1-3H3. The van der Waals surface area contributed by atoms with Gasteiger partial charge in [0.2, 0.25) is 0 Å². The Morgan fingerprint density at radius 1 is 1.14 bits per heavy atom. The number of methoxy groups -OCH3 is 1. The van der Waals surface area contributed by atoms with E-state index < -0.39 is 0 Å². The molecule has 0 aliphatic rings. The molecule has 0 amide bonds. The Kier molecular flexibility index (Phi) is 5.20. The number of benzene rings is 2. The molecule has 0 aliphatic heterocycles. The molecular weight excluding hydrogens is 337 g/mol. The number of hydrogen-bond donors (Lipinski definition) is 1.